The molecule has 0 aliphatic carbocycles. The van der Waals surface area contributed by atoms with Gasteiger partial charge in [0.1, 0.15) is 6.04 Å². The van der Waals surface area contributed by atoms with Crippen molar-refractivity contribution in [2.75, 3.05) is 25.2 Å². The molecular weight excluding hydrogens is 352 g/mol. The fourth-order valence-corrected chi connectivity index (χ4v) is 2.71. The summed E-state index contributed by atoms with van der Waals surface area (Å²) in [6, 6.07) is 1.55. The van der Waals surface area contributed by atoms with Crippen LogP contribution in [-0.2, 0) is 14.8 Å². The summed E-state index contributed by atoms with van der Waals surface area (Å²) < 4.78 is 35.5. The molecule has 0 saturated carbocycles. The lowest BCUT2D eigenvalue weighted by molar-refractivity contribution is -0.139. The van der Waals surface area contributed by atoms with Gasteiger partial charge in [0.25, 0.3) is 5.91 Å². The van der Waals surface area contributed by atoms with Gasteiger partial charge in [-0.2, -0.15) is 0 Å². The second-order valence-electron chi connectivity index (χ2n) is 5.29. The van der Waals surface area contributed by atoms with Gasteiger partial charge in [-0.3, -0.25) is 9.52 Å². The Hall–Kier alpha value is -2.49. The third-order valence-corrected chi connectivity index (χ3v) is 3.81. The van der Waals surface area contributed by atoms with Crippen LogP contribution in [0.25, 0.3) is 0 Å². The van der Waals surface area contributed by atoms with Gasteiger partial charge >= 0.3 is 5.97 Å². The first kappa shape index (κ1) is 20.6. The minimum Gasteiger partial charge on any atom is -0.493 e. The van der Waals surface area contributed by atoms with Gasteiger partial charge in [0.15, 0.2) is 11.5 Å². The average molecular weight is 374 g/mol. The molecule has 0 fully saturated rings. The van der Waals surface area contributed by atoms with Crippen LogP contribution in [0.5, 0.6) is 11.5 Å². The standard InChI is InChI=1S/C15H22N2O7S/c1-5-6-10(15(19)20)16-14(18)9-7-11(17-25(4,21)22)13(24-3)12(8-9)23-2/h7-8,10,17H,5-6H2,1-4H3,(H,16,18)(H,19,20). The van der Waals surface area contributed by atoms with Crippen LogP contribution in [0.1, 0.15) is 30.1 Å². The number of aliphatic carboxylic acids is 1. The van der Waals surface area contributed by atoms with Gasteiger partial charge in [0, 0.05) is 5.56 Å². The van der Waals surface area contributed by atoms with Crippen molar-refractivity contribution in [3.05, 3.63) is 17.7 Å². The largest absolute Gasteiger partial charge is 0.493 e. The fourth-order valence-electron chi connectivity index (χ4n) is 2.16. The lowest BCUT2D eigenvalue weighted by Crippen LogP contribution is -2.40. The minimum atomic E-state index is -3.63. The highest BCUT2D eigenvalue weighted by Gasteiger charge is 2.23. The number of carbonyl (C=O) groups excluding carboxylic acids is 1. The van der Waals surface area contributed by atoms with Gasteiger partial charge in [-0.25, -0.2) is 13.2 Å². The molecule has 1 amide bonds. The number of sulfonamides is 1. The lowest BCUT2D eigenvalue weighted by Gasteiger charge is -2.17. The van der Waals surface area contributed by atoms with Gasteiger partial charge in [-0.1, -0.05) is 13.3 Å². The highest BCUT2D eigenvalue weighted by molar-refractivity contribution is 7.92. The number of hydrogen-bond acceptors (Lipinski definition) is 6. The quantitative estimate of drug-likeness (QED) is 0.589. The number of carbonyl (C=O) groups is 2. The van der Waals surface area contributed by atoms with Crippen molar-refractivity contribution in [2.45, 2.75) is 25.8 Å². The first-order valence-corrected chi connectivity index (χ1v) is 9.29. The van der Waals surface area contributed by atoms with Crippen LogP contribution in [0.15, 0.2) is 12.1 Å². The maximum absolute atomic E-state index is 12.4. The molecule has 0 aliphatic heterocycles. The molecule has 1 unspecified atom stereocenters. The van der Waals surface area contributed by atoms with Crippen LogP contribution in [-0.4, -0.2) is 51.9 Å². The predicted octanol–water partition coefficient (Wildman–Crippen LogP) is 1.06. The Morgan fingerprint density at radius 2 is 1.88 bits per heavy atom. The molecule has 10 heteroatoms. The van der Waals surface area contributed by atoms with Gasteiger partial charge in [0.05, 0.1) is 26.2 Å². The van der Waals surface area contributed by atoms with Crippen molar-refractivity contribution < 1.29 is 32.6 Å². The van der Waals surface area contributed by atoms with E-state index in [0.717, 1.165) is 6.26 Å². The summed E-state index contributed by atoms with van der Waals surface area (Å²) in [5.74, 6) is -1.58. The number of amides is 1. The first-order valence-electron chi connectivity index (χ1n) is 7.40. The molecule has 3 N–H and O–H groups in total. The van der Waals surface area contributed by atoms with Crippen LogP contribution in [0, 0.1) is 0 Å². The Labute approximate surface area is 146 Å². The molecule has 140 valence electrons. The summed E-state index contributed by atoms with van der Waals surface area (Å²) >= 11 is 0. The maximum Gasteiger partial charge on any atom is 0.326 e. The van der Waals surface area contributed by atoms with E-state index in [1.54, 1.807) is 6.92 Å². The number of carboxylic acids is 1. The minimum absolute atomic E-state index is 0.0110. The molecule has 1 atom stereocenters. The lowest BCUT2D eigenvalue weighted by atomic mass is 10.1. The second-order valence-corrected chi connectivity index (χ2v) is 7.03. The van der Waals surface area contributed by atoms with E-state index in [-0.39, 0.29) is 29.2 Å². The summed E-state index contributed by atoms with van der Waals surface area (Å²) in [5, 5.41) is 11.5. The molecule has 0 saturated heterocycles. The summed E-state index contributed by atoms with van der Waals surface area (Å²) in [6.45, 7) is 1.80. The summed E-state index contributed by atoms with van der Waals surface area (Å²) in [6.07, 6.45) is 1.79. The number of nitrogens with one attached hydrogen (secondary N) is 2. The zero-order valence-electron chi connectivity index (χ0n) is 14.5. The molecule has 1 aromatic carbocycles. The molecule has 0 aromatic heterocycles. The number of benzene rings is 1. The average Bonchev–Trinajstić information content (AvgIpc) is 2.51. The molecule has 0 radical (unpaired) electrons. The Morgan fingerprint density at radius 3 is 2.32 bits per heavy atom. The molecule has 0 aliphatic rings. The molecule has 9 nitrogen and oxygen atoms in total. The fraction of sp³-hybridized carbons (Fsp3) is 0.467. The molecular formula is C15H22N2O7S. The number of carboxylic acid groups (broad SMARTS) is 1. The van der Waals surface area contributed by atoms with Gasteiger partial charge in [0.2, 0.25) is 10.0 Å². The Kier molecular flexibility index (Phi) is 7.04. The topological polar surface area (TPSA) is 131 Å². The number of anilines is 1. The van der Waals surface area contributed by atoms with Crippen LogP contribution in [0.4, 0.5) is 5.69 Å². The summed E-state index contributed by atoms with van der Waals surface area (Å²) in [7, 11) is -0.973. The third kappa shape index (κ3) is 5.82. The van der Waals surface area contributed by atoms with E-state index in [1.807, 2.05) is 0 Å². The Morgan fingerprint density at radius 1 is 1.24 bits per heavy atom. The molecule has 0 heterocycles. The van der Waals surface area contributed by atoms with E-state index < -0.39 is 27.9 Å². The molecule has 25 heavy (non-hydrogen) atoms. The number of ether oxygens (including phenoxy) is 2. The molecule has 0 bridgehead atoms. The van der Waals surface area contributed by atoms with Crippen LogP contribution in [0.2, 0.25) is 0 Å². The SMILES string of the molecule is CCCC(NC(=O)c1cc(NS(C)(=O)=O)c(OC)c(OC)c1)C(=O)O. The van der Waals surface area contributed by atoms with E-state index in [0.29, 0.717) is 6.42 Å². The van der Waals surface area contributed by atoms with Gasteiger partial charge in [-0.15, -0.1) is 0 Å². The zero-order valence-corrected chi connectivity index (χ0v) is 15.3. The van der Waals surface area contributed by atoms with E-state index in [2.05, 4.69) is 10.0 Å². The van der Waals surface area contributed by atoms with Gasteiger partial charge < -0.3 is 19.9 Å². The second kappa shape index (κ2) is 8.56. The van der Waals surface area contributed by atoms with Crippen molar-refractivity contribution in [3.63, 3.8) is 0 Å². The predicted molar refractivity (Wildman–Crippen MR) is 91.8 cm³/mol. The summed E-state index contributed by atoms with van der Waals surface area (Å²) in [5.41, 5.74) is 0.0445. The van der Waals surface area contributed by atoms with E-state index >= 15 is 0 Å². The molecule has 0 spiro atoms. The van der Waals surface area contributed by atoms with Crippen molar-refractivity contribution in [1.29, 1.82) is 0 Å². The number of methoxy groups -OCH3 is 2. The highest BCUT2D eigenvalue weighted by atomic mass is 32.2. The van der Waals surface area contributed by atoms with E-state index in [4.69, 9.17) is 14.6 Å². The number of rotatable bonds is 9. The van der Waals surface area contributed by atoms with Crippen LogP contribution < -0.4 is 19.5 Å². The monoisotopic (exact) mass is 374 g/mol. The normalized spacial score (nSPS) is 12.2. The Balaban J connectivity index is 3.28. The zero-order chi connectivity index (χ0) is 19.2. The van der Waals surface area contributed by atoms with Crippen LogP contribution in [0.3, 0.4) is 0 Å². The third-order valence-electron chi connectivity index (χ3n) is 3.22. The first-order chi connectivity index (χ1) is 11.6. The molecule has 1 aromatic rings. The van der Waals surface area contributed by atoms with Crippen LogP contribution >= 0.6 is 0 Å². The molecule has 1 rings (SSSR count). The highest BCUT2D eigenvalue weighted by Crippen LogP contribution is 2.37. The summed E-state index contributed by atoms with van der Waals surface area (Å²) in [4.78, 5) is 23.6. The number of hydrogen-bond donors (Lipinski definition) is 3. The smallest absolute Gasteiger partial charge is 0.326 e. The van der Waals surface area contributed by atoms with Gasteiger partial charge in [-0.05, 0) is 18.6 Å². The van der Waals surface area contributed by atoms with Crippen molar-refractivity contribution in [1.82, 2.24) is 5.32 Å². The Bertz CT molecular complexity index is 746. The van der Waals surface area contributed by atoms with Crippen molar-refractivity contribution >= 4 is 27.6 Å². The van der Waals surface area contributed by atoms with E-state index in [9.17, 15) is 18.0 Å². The van der Waals surface area contributed by atoms with Crippen molar-refractivity contribution in [3.8, 4) is 11.5 Å². The van der Waals surface area contributed by atoms with E-state index in [1.165, 1.54) is 26.4 Å². The maximum atomic E-state index is 12.4. The van der Waals surface area contributed by atoms with Crippen molar-refractivity contribution in [2.24, 2.45) is 0 Å².